The summed E-state index contributed by atoms with van der Waals surface area (Å²) in [6, 6.07) is 3.26. The summed E-state index contributed by atoms with van der Waals surface area (Å²) in [7, 11) is 0. The van der Waals surface area contributed by atoms with Crippen LogP contribution in [0.3, 0.4) is 0 Å². The van der Waals surface area contributed by atoms with Crippen molar-refractivity contribution in [3.8, 4) is 0 Å². The van der Waals surface area contributed by atoms with Gasteiger partial charge in [-0.3, -0.25) is 0 Å². The second-order valence-electron chi connectivity index (χ2n) is 5.81. The van der Waals surface area contributed by atoms with Crippen molar-refractivity contribution in [3.63, 3.8) is 0 Å². The molecule has 1 aromatic rings. The van der Waals surface area contributed by atoms with Gasteiger partial charge in [0.2, 0.25) is 0 Å². The van der Waals surface area contributed by atoms with Crippen molar-refractivity contribution in [2.45, 2.75) is 58.2 Å². The van der Waals surface area contributed by atoms with Crippen LogP contribution < -0.4 is 0 Å². The number of hydrogen-bond donors (Lipinski definition) is 2. The highest BCUT2D eigenvalue weighted by atomic mass is 19.1. The minimum atomic E-state index is -1.12. The highest BCUT2D eigenvalue weighted by molar-refractivity contribution is 5.34. The van der Waals surface area contributed by atoms with E-state index in [0.29, 0.717) is 5.56 Å². The van der Waals surface area contributed by atoms with Crippen LogP contribution in [0.4, 0.5) is 4.39 Å². The Labute approximate surface area is 114 Å². The Bertz CT molecular complexity index is 415. The summed E-state index contributed by atoms with van der Waals surface area (Å²) in [6.07, 6.45) is 3.22. The maximum Gasteiger partial charge on any atom is 0.129 e. The van der Waals surface area contributed by atoms with Gasteiger partial charge in [-0.25, -0.2) is 4.39 Å². The lowest BCUT2D eigenvalue weighted by Gasteiger charge is -2.30. The summed E-state index contributed by atoms with van der Waals surface area (Å²) in [5, 5.41) is 20.6. The van der Waals surface area contributed by atoms with Crippen LogP contribution in [0.5, 0.6) is 0 Å². The molecule has 0 heterocycles. The summed E-state index contributed by atoms with van der Waals surface area (Å²) in [5.74, 6) is -0.330. The maximum atomic E-state index is 14.0. The lowest BCUT2D eigenvalue weighted by molar-refractivity contribution is -0.0304. The van der Waals surface area contributed by atoms with Gasteiger partial charge in [0.25, 0.3) is 0 Å². The fraction of sp³-hybridized carbons (Fsp3) is 0.625. The van der Waals surface area contributed by atoms with E-state index in [1.54, 1.807) is 6.92 Å². The Morgan fingerprint density at radius 2 is 1.74 bits per heavy atom. The monoisotopic (exact) mass is 266 g/mol. The van der Waals surface area contributed by atoms with Crippen molar-refractivity contribution < 1.29 is 14.6 Å². The molecule has 1 aliphatic rings. The first-order valence-electron chi connectivity index (χ1n) is 7.13. The molecule has 0 aliphatic heterocycles. The number of halogens is 1. The first-order chi connectivity index (χ1) is 9.00. The SMILES string of the molecule is Cc1cc(C)c(C(O)C(O)C2CCCCC2)c(F)c1. The third kappa shape index (κ3) is 3.15. The third-order valence-electron chi connectivity index (χ3n) is 4.23. The van der Waals surface area contributed by atoms with Crippen molar-refractivity contribution in [3.05, 3.63) is 34.6 Å². The molecule has 0 radical (unpaired) electrons. The molecule has 0 spiro atoms. The Hall–Kier alpha value is -0.930. The summed E-state index contributed by atoms with van der Waals surface area (Å²) >= 11 is 0. The number of hydrogen-bond acceptors (Lipinski definition) is 2. The molecular formula is C16H23FO2. The van der Waals surface area contributed by atoms with Crippen LogP contribution in [-0.2, 0) is 0 Å². The molecule has 2 unspecified atom stereocenters. The fourth-order valence-corrected chi connectivity index (χ4v) is 3.21. The summed E-state index contributed by atoms with van der Waals surface area (Å²) in [5.41, 5.74) is 1.79. The Morgan fingerprint density at radius 3 is 2.32 bits per heavy atom. The number of aliphatic hydroxyl groups is 2. The predicted octanol–water partition coefficient (Wildman–Crippen LogP) is 3.42. The first-order valence-corrected chi connectivity index (χ1v) is 7.13. The van der Waals surface area contributed by atoms with Crippen molar-refractivity contribution in [2.24, 2.45) is 5.92 Å². The average molecular weight is 266 g/mol. The summed E-state index contributed by atoms with van der Waals surface area (Å²) in [4.78, 5) is 0. The van der Waals surface area contributed by atoms with Crippen LogP contribution in [0.2, 0.25) is 0 Å². The predicted molar refractivity (Wildman–Crippen MR) is 73.4 cm³/mol. The molecule has 106 valence electrons. The molecule has 2 atom stereocenters. The van der Waals surface area contributed by atoms with Gasteiger partial charge in [-0.05, 0) is 49.8 Å². The van der Waals surface area contributed by atoms with E-state index in [9.17, 15) is 14.6 Å². The molecule has 3 heteroatoms. The highest BCUT2D eigenvalue weighted by Gasteiger charge is 2.31. The van der Waals surface area contributed by atoms with E-state index in [1.807, 2.05) is 13.0 Å². The molecule has 2 nitrogen and oxygen atoms in total. The van der Waals surface area contributed by atoms with Crippen LogP contribution in [0, 0.1) is 25.6 Å². The van der Waals surface area contributed by atoms with E-state index in [0.717, 1.165) is 31.2 Å². The van der Waals surface area contributed by atoms with E-state index in [1.165, 1.54) is 12.5 Å². The van der Waals surface area contributed by atoms with E-state index < -0.39 is 18.0 Å². The Balaban J connectivity index is 2.20. The highest BCUT2D eigenvalue weighted by Crippen LogP contribution is 2.34. The topological polar surface area (TPSA) is 40.5 Å². The van der Waals surface area contributed by atoms with E-state index in [4.69, 9.17) is 0 Å². The average Bonchev–Trinajstić information content (AvgIpc) is 2.37. The van der Waals surface area contributed by atoms with Crippen LogP contribution >= 0.6 is 0 Å². The zero-order chi connectivity index (χ0) is 14.0. The fourth-order valence-electron chi connectivity index (χ4n) is 3.21. The molecule has 1 saturated carbocycles. The van der Waals surface area contributed by atoms with Gasteiger partial charge >= 0.3 is 0 Å². The number of benzene rings is 1. The molecular weight excluding hydrogens is 243 g/mol. The first kappa shape index (κ1) is 14.5. The van der Waals surface area contributed by atoms with Crippen molar-refractivity contribution in [1.82, 2.24) is 0 Å². The molecule has 0 saturated heterocycles. The summed E-state index contributed by atoms with van der Waals surface area (Å²) < 4.78 is 14.0. The van der Waals surface area contributed by atoms with Gasteiger partial charge in [0.15, 0.2) is 0 Å². The smallest absolute Gasteiger partial charge is 0.129 e. The minimum Gasteiger partial charge on any atom is -0.390 e. The van der Waals surface area contributed by atoms with E-state index in [-0.39, 0.29) is 11.5 Å². The van der Waals surface area contributed by atoms with Crippen molar-refractivity contribution in [2.75, 3.05) is 0 Å². The van der Waals surface area contributed by atoms with Gasteiger partial charge in [-0.1, -0.05) is 25.3 Å². The lowest BCUT2D eigenvalue weighted by Crippen LogP contribution is -2.30. The van der Waals surface area contributed by atoms with Crippen LogP contribution in [0.1, 0.15) is 54.9 Å². The molecule has 0 bridgehead atoms. The van der Waals surface area contributed by atoms with Crippen LogP contribution in [0.15, 0.2) is 12.1 Å². The maximum absolute atomic E-state index is 14.0. The van der Waals surface area contributed by atoms with Gasteiger partial charge in [-0.2, -0.15) is 0 Å². The van der Waals surface area contributed by atoms with Crippen LogP contribution in [0.25, 0.3) is 0 Å². The molecule has 19 heavy (non-hydrogen) atoms. The number of aliphatic hydroxyl groups excluding tert-OH is 2. The van der Waals surface area contributed by atoms with Gasteiger partial charge in [0.05, 0.1) is 6.10 Å². The molecule has 1 fully saturated rings. The quantitative estimate of drug-likeness (QED) is 0.880. The zero-order valence-corrected chi connectivity index (χ0v) is 11.7. The molecule has 0 amide bonds. The molecule has 1 aromatic carbocycles. The van der Waals surface area contributed by atoms with Gasteiger partial charge < -0.3 is 10.2 Å². The zero-order valence-electron chi connectivity index (χ0n) is 11.7. The molecule has 0 aromatic heterocycles. The normalized spacial score (nSPS) is 20.3. The van der Waals surface area contributed by atoms with Crippen molar-refractivity contribution in [1.29, 1.82) is 0 Å². The number of rotatable bonds is 3. The largest absolute Gasteiger partial charge is 0.390 e. The van der Waals surface area contributed by atoms with Gasteiger partial charge in [-0.15, -0.1) is 0 Å². The summed E-state index contributed by atoms with van der Waals surface area (Å²) in [6.45, 7) is 3.60. The van der Waals surface area contributed by atoms with Crippen LogP contribution in [-0.4, -0.2) is 16.3 Å². The van der Waals surface area contributed by atoms with Crippen molar-refractivity contribution >= 4 is 0 Å². The molecule has 2 rings (SSSR count). The van der Waals surface area contributed by atoms with Gasteiger partial charge in [0.1, 0.15) is 11.9 Å². The Kier molecular flexibility index (Phi) is 4.58. The second-order valence-corrected chi connectivity index (χ2v) is 5.81. The van der Waals surface area contributed by atoms with E-state index in [2.05, 4.69) is 0 Å². The van der Waals surface area contributed by atoms with Gasteiger partial charge in [0, 0.05) is 5.56 Å². The second kappa shape index (κ2) is 6.02. The third-order valence-corrected chi connectivity index (χ3v) is 4.23. The van der Waals surface area contributed by atoms with E-state index >= 15 is 0 Å². The Morgan fingerprint density at radius 1 is 1.11 bits per heavy atom. The minimum absolute atomic E-state index is 0.0869. The lowest BCUT2D eigenvalue weighted by atomic mass is 9.81. The molecule has 1 aliphatic carbocycles. The molecule has 2 N–H and O–H groups in total. The standard InChI is InChI=1S/C16H23FO2/c1-10-8-11(2)14(13(17)9-10)16(19)15(18)12-6-4-3-5-7-12/h8-9,12,15-16,18-19H,3-7H2,1-2H3. The number of aryl methyl sites for hydroxylation is 2.